The fourth-order valence-electron chi connectivity index (χ4n) is 3.13. The number of hydrogen-bond acceptors (Lipinski definition) is 7. The van der Waals surface area contributed by atoms with Crippen molar-refractivity contribution in [2.24, 2.45) is 0 Å². The van der Waals surface area contributed by atoms with Gasteiger partial charge >= 0.3 is 0 Å². The van der Waals surface area contributed by atoms with Crippen LogP contribution in [0.4, 0.5) is 5.69 Å². The van der Waals surface area contributed by atoms with Crippen molar-refractivity contribution in [1.82, 2.24) is 14.8 Å². The van der Waals surface area contributed by atoms with Gasteiger partial charge in [-0.15, -0.1) is 16.8 Å². The predicted molar refractivity (Wildman–Crippen MR) is 119 cm³/mol. The quantitative estimate of drug-likeness (QED) is 0.420. The summed E-state index contributed by atoms with van der Waals surface area (Å²) in [6.45, 7) is 6.34. The average Bonchev–Trinajstić information content (AvgIpc) is 3.40. The first-order valence-electron chi connectivity index (χ1n) is 9.65. The highest BCUT2D eigenvalue weighted by Gasteiger charge is 2.22. The van der Waals surface area contributed by atoms with Crippen LogP contribution in [0.25, 0.3) is 11.4 Å². The van der Waals surface area contributed by atoms with Gasteiger partial charge in [0.05, 0.1) is 17.9 Å². The van der Waals surface area contributed by atoms with Crippen molar-refractivity contribution in [3.05, 3.63) is 55.1 Å². The van der Waals surface area contributed by atoms with E-state index >= 15 is 0 Å². The molecule has 0 saturated carbocycles. The summed E-state index contributed by atoms with van der Waals surface area (Å²) in [4.78, 5) is 12.8. The van der Waals surface area contributed by atoms with Crippen LogP contribution in [0.5, 0.6) is 17.2 Å². The zero-order valence-electron chi connectivity index (χ0n) is 17.2. The summed E-state index contributed by atoms with van der Waals surface area (Å²) in [5, 5.41) is 11.8. The number of amides is 1. The van der Waals surface area contributed by atoms with Crippen LogP contribution in [-0.2, 0) is 11.3 Å². The summed E-state index contributed by atoms with van der Waals surface area (Å²) in [7, 11) is 1.62. The number of hydrogen-bond donors (Lipinski definition) is 1. The fraction of sp³-hybridized carbons (Fsp3) is 0.227. The largest absolute Gasteiger partial charge is 0.496 e. The second kappa shape index (κ2) is 9.13. The second-order valence-corrected chi connectivity index (χ2v) is 8.03. The first-order valence-corrected chi connectivity index (χ1v) is 10.5. The standard InChI is InChI=1S/C22H22N4O4S/c1-4-11-26-20(16-7-5-6-8-17(16)28-3)24-25-22(26)31-14(2)21(27)23-15-9-10-18-19(12-15)30-13-29-18/h4-10,12,14H,1,11,13H2,2-3H3,(H,23,27). The number of nitrogens with one attached hydrogen (secondary N) is 1. The topological polar surface area (TPSA) is 87.5 Å². The molecule has 1 aliphatic rings. The minimum Gasteiger partial charge on any atom is -0.496 e. The third kappa shape index (κ3) is 4.36. The Morgan fingerprint density at radius 1 is 1.29 bits per heavy atom. The van der Waals surface area contributed by atoms with E-state index in [4.69, 9.17) is 14.2 Å². The number of nitrogens with zero attached hydrogens (tertiary/aromatic N) is 3. The van der Waals surface area contributed by atoms with Gasteiger partial charge in [-0.1, -0.05) is 30.0 Å². The van der Waals surface area contributed by atoms with E-state index in [9.17, 15) is 4.79 Å². The first kappa shape index (κ1) is 20.8. The molecule has 31 heavy (non-hydrogen) atoms. The summed E-state index contributed by atoms with van der Waals surface area (Å²) in [5.74, 6) is 2.48. The molecule has 1 aromatic heterocycles. The maximum atomic E-state index is 12.8. The van der Waals surface area contributed by atoms with Gasteiger partial charge < -0.3 is 19.5 Å². The van der Waals surface area contributed by atoms with Crippen molar-refractivity contribution in [1.29, 1.82) is 0 Å². The molecule has 0 spiro atoms. The molecular formula is C22H22N4O4S. The molecular weight excluding hydrogens is 416 g/mol. The highest BCUT2D eigenvalue weighted by Crippen LogP contribution is 2.35. The number of aromatic nitrogens is 3. The van der Waals surface area contributed by atoms with E-state index in [0.29, 0.717) is 40.5 Å². The Morgan fingerprint density at radius 2 is 2.10 bits per heavy atom. The Kier molecular flexibility index (Phi) is 6.13. The molecule has 0 aliphatic carbocycles. The van der Waals surface area contributed by atoms with Gasteiger partial charge in [0.2, 0.25) is 12.7 Å². The van der Waals surface area contributed by atoms with Crippen LogP contribution in [-0.4, -0.2) is 39.8 Å². The van der Waals surface area contributed by atoms with Crippen molar-refractivity contribution in [3.8, 4) is 28.6 Å². The van der Waals surface area contributed by atoms with E-state index in [0.717, 1.165) is 5.56 Å². The van der Waals surface area contributed by atoms with E-state index < -0.39 is 5.25 Å². The number of para-hydroxylation sites is 1. The molecule has 1 aliphatic heterocycles. The summed E-state index contributed by atoms with van der Waals surface area (Å²) in [6, 6.07) is 12.9. The Morgan fingerprint density at radius 3 is 2.90 bits per heavy atom. The van der Waals surface area contributed by atoms with Crippen LogP contribution in [0.2, 0.25) is 0 Å². The SMILES string of the molecule is C=CCn1c(SC(C)C(=O)Nc2ccc3c(c2)OCO3)nnc1-c1ccccc1OC. The Balaban J connectivity index is 1.52. The van der Waals surface area contributed by atoms with Crippen molar-refractivity contribution >= 4 is 23.4 Å². The number of carbonyl (C=O) groups is 1. The smallest absolute Gasteiger partial charge is 0.237 e. The van der Waals surface area contributed by atoms with Crippen molar-refractivity contribution in [2.75, 3.05) is 19.2 Å². The van der Waals surface area contributed by atoms with Crippen LogP contribution >= 0.6 is 11.8 Å². The number of methoxy groups -OCH3 is 1. The van der Waals surface area contributed by atoms with Crippen LogP contribution in [0.1, 0.15) is 6.92 Å². The molecule has 2 heterocycles. The lowest BCUT2D eigenvalue weighted by atomic mass is 10.2. The third-order valence-electron chi connectivity index (χ3n) is 4.67. The molecule has 1 amide bonds. The normalized spacial score (nSPS) is 13.0. The summed E-state index contributed by atoms with van der Waals surface area (Å²) >= 11 is 1.32. The van der Waals surface area contributed by atoms with Gasteiger partial charge in [0.1, 0.15) is 5.75 Å². The van der Waals surface area contributed by atoms with Crippen LogP contribution in [0.15, 0.2) is 60.3 Å². The highest BCUT2D eigenvalue weighted by atomic mass is 32.2. The molecule has 9 heteroatoms. The molecule has 0 fully saturated rings. The Hall–Kier alpha value is -3.46. The Bertz CT molecular complexity index is 1110. The van der Waals surface area contributed by atoms with E-state index in [-0.39, 0.29) is 12.7 Å². The van der Waals surface area contributed by atoms with E-state index in [2.05, 4.69) is 22.1 Å². The monoisotopic (exact) mass is 438 g/mol. The number of benzene rings is 2. The predicted octanol–water partition coefficient (Wildman–Crippen LogP) is 3.99. The minimum atomic E-state index is -0.413. The van der Waals surface area contributed by atoms with Gasteiger partial charge in [-0.2, -0.15) is 0 Å². The zero-order valence-corrected chi connectivity index (χ0v) is 18.0. The van der Waals surface area contributed by atoms with Gasteiger partial charge in [-0.3, -0.25) is 9.36 Å². The maximum Gasteiger partial charge on any atom is 0.237 e. The Labute approximate surface area is 184 Å². The fourth-order valence-corrected chi connectivity index (χ4v) is 3.99. The van der Waals surface area contributed by atoms with Crippen LogP contribution in [0, 0.1) is 0 Å². The molecule has 0 radical (unpaired) electrons. The molecule has 1 N–H and O–H groups in total. The molecule has 1 unspecified atom stereocenters. The van der Waals surface area contributed by atoms with Gasteiger partial charge in [0, 0.05) is 18.3 Å². The van der Waals surface area contributed by atoms with Crippen molar-refractivity contribution in [2.45, 2.75) is 23.9 Å². The zero-order chi connectivity index (χ0) is 21.8. The first-order chi connectivity index (χ1) is 15.1. The molecule has 0 saturated heterocycles. The summed E-state index contributed by atoms with van der Waals surface area (Å²) < 4.78 is 18.0. The number of fused-ring (bicyclic) bond motifs is 1. The van der Waals surface area contributed by atoms with Gasteiger partial charge in [-0.25, -0.2) is 0 Å². The number of thioether (sulfide) groups is 1. The van der Waals surface area contributed by atoms with Crippen molar-refractivity contribution in [3.63, 3.8) is 0 Å². The number of anilines is 1. The van der Waals surface area contributed by atoms with Crippen molar-refractivity contribution < 1.29 is 19.0 Å². The number of rotatable bonds is 8. The lowest BCUT2D eigenvalue weighted by Crippen LogP contribution is -2.23. The maximum absolute atomic E-state index is 12.8. The third-order valence-corrected chi connectivity index (χ3v) is 5.75. The molecule has 8 nitrogen and oxygen atoms in total. The van der Waals surface area contributed by atoms with Crippen LogP contribution < -0.4 is 19.5 Å². The molecule has 3 aromatic rings. The molecule has 4 rings (SSSR count). The lowest BCUT2D eigenvalue weighted by molar-refractivity contribution is -0.115. The molecule has 0 bridgehead atoms. The second-order valence-electron chi connectivity index (χ2n) is 6.72. The number of allylic oxidation sites excluding steroid dienone is 1. The summed E-state index contributed by atoms with van der Waals surface area (Å²) in [6.07, 6.45) is 1.77. The number of ether oxygens (including phenoxy) is 3. The summed E-state index contributed by atoms with van der Waals surface area (Å²) in [5.41, 5.74) is 1.47. The molecule has 160 valence electrons. The highest BCUT2D eigenvalue weighted by molar-refractivity contribution is 8.00. The molecule has 2 aromatic carbocycles. The number of carbonyl (C=O) groups excluding carboxylic acids is 1. The lowest BCUT2D eigenvalue weighted by Gasteiger charge is -2.14. The minimum absolute atomic E-state index is 0.157. The molecule has 1 atom stereocenters. The van der Waals surface area contributed by atoms with E-state index in [1.165, 1.54) is 11.8 Å². The van der Waals surface area contributed by atoms with Gasteiger partial charge in [0.15, 0.2) is 22.5 Å². The van der Waals surface area contributed by atoms with E-state index in [1.807, 2.05) is 35.8 Å². The van der Waals surface area contributed by atoms with Crippen LogP contribution in [0.3, 0.4) is 0 Å². The van der Waals surface area contributed by atoms with E-state index in [1.54, 1.807) is 31.4 Å². The van der Waals surface area contributed by atoms with Gasteiger partial charge in [-0.05, 0) is 31.2 Å². The van der Waals surface area contributed by atoms with Gasteiger partial charge in [0.25, 0.3) is 0 Å². The average molecular weight is 439 g/mol.